The third-order valence-corrected chi connectivity index (χ3v) is 4.02. The number of nitrogens with zero attached hydrogens (tertiary/aromatic N) is 1. The van der Waals surface area contributed by atoms with Crippen LogP contribution in [0.4, 0.5) is 0 Å². The summed E-state index contributed by atoms with van der Waals surface area (Å²) >= 11 is 0. The van der Waals surface area contributed by atoms with Gasteiger partial charge in [0.15, 0.2) is 0 Å². The fourth-order valence-electron chi connectivity index (χ4n) is 2.70. The molecule has 114 valence electrons. The number of allylic oxidation sites excluding steroid dienone is 1. The Balaban J connectivity index is 1.79. The summed E-state index contributed by atoms with van der Waals surface area (Å²) in [7, 11) is 0. The van der Waals surface area contributed by atoms with E-state index in [4.69, 9.17) is 4.74 Å². The number of ether oxygens (including phenoxy) is 1. The number of benzene rings is 1. The molecule has 3 heteroatoms. The fraction of sp³-hybridized carbons (Fsp3) is 0.500. The van der Waals surface area contributed by atoms with Gasteiger partial charge >= 0.3 is 0 Å². The van der Waals surface area contributed by atoms with Crippen LogP contribution in [0.2, 0.25) is 0 Å². The van der Waals surface area contributed by atoms with Gasteiger partial charge in [-0.05, 0) is 24.3 Å². The van der Waals surface area contributed by atoms with Crippen LogP contribution in [0.25, 0.3) is 0 Å². The molecular formula is C18H25NO2. The molecule has 1 fully saturated rings. The van der Waals surface area contributed by atoms with Crippen LogP contribution in [-0.2, 0) is 16.1 Å². The molecule has 21 heavy (non-hydrogen) atoms. The number of carbonyl (C=O) groups excluding carboxylic acids is 1. The van der Waals surface area contributed by atoms with Gasteiger partial charge in [0.1, 0.15) is 0 Å². The van der Waals surface area contributed by atoms with Crippen molar-refractivity contribution in [2.45, 2.75) is 38.8 Å². The first kappa shape index (κ1) is 15.8. The van der Waals surface area contributed by atoms with Crippen molar-refractivity contribution in [2.24, 2.45) is 5.92 Å². The summed E-state index contributed by atoms with van der Waals surface area (Å²) in [5.74, 6) is 0.470. The fourth-order valence-corrected chi connectivity index (χ4v) is 2.70. The number of carbonyl (C=O) groups is 1. The molecule has 1 aromatic carbocycles. The van der Waals surface area contributed by atoms with Gasteiger partial charge in [0.2, 0.25) is 5.91 Å². The van der Waals surface area contributed by atoms with E-state index < -0.39 is 0 Å². The SMILES string of the molecule is C=CC(C)CC(=O)N1CCC[C@H]1COCc1ccccc1. The lowest BCUT2D eigenvalue weighted by molar-refractivity contribution is -0.133. The molecule has 0 spiro atoms. The van der Waals surface area contributed by atoms with E-state index in [-0.39, 0.29) is 17.9 Å². The van der Waals surface area contributed by atoms with Crippen LogP contribution in [0.1, 0.15) is 31.7 Å². The van der Waals surface area contributed by atoms with Crippen LogP contribution in [0, 0.1) is 5.92 Å². The Labute approximate surface area is 127 Å². The second kappa shape index (κ2) is 7.99. The summed E-state index contributed by atoms with van der Waals surface area (Å²) < 4.78 is 5.80. The molecular weight excluding hydrogens is 262 g/mol. The average molecular weight is 287 g/mol. The molecule has 2 atom stereocenters. The molecule has 3 nitrogen and oxygen atoms in total. The minimum Gasteiger partial charge on any atom is -0.375 e. The normalized spacial score (nSPS) is 19.5. The van der Waals surface area contributed by atoms with Crippen molar-refractivity contribution >= 4 is 5.91 Å². The van der Waals surface area contributed by atoms with Gasteiger partial charge in [-0.15, -0.1) is 6.58 Å². The molecule has 1 aromatic rings. The Bertz CT molecular complexity index is 458. The summed E-state index contributed by atoms with van der Waals surface area (Å²) in [5, 5.41) is 0. The van der Waals surface area contributed by atoms with E-state index in [1.54, 1.807) is 0 Å². The average Bonchev–Trinajstić information content (AvgIpc) is 2.97. The van der Waals surface area contributed by atoms with E-state index in [1.165, 1.54) is 5.56 Å². The van der Waals surface area contributed by atoms with E-state index in [0.29, 0.717) is 19.6 Å². The molecule has 0 radical (unpaired) electrons. The summed E-state index contributed by atoms with van der Waals surface area (Å²) in [6.45, 7) is 7.88. The highest BCUT2D eigenvalue weighted by Gasteiger charge is 2.28. The van der Waals surface area contributed by atoms with Crippen molar-refractivity contribution in [1.82, 2.24) is 4.90 Å². The molecule has 1 unspecified atom stereocenters. The largest absolute Gasteiger partial charge is 0.375 e. The number of rotatable bonds is 7. The van der Waals surface area contributed by atoms with Crippen LogP contribution in [0.15, 0.2) is 43.0 Å². The maximum Gasteiger partial charge on any atom is 0.223 e. The molecule has 0 N–H and O–H groups in total. The summed E-state index contributed by atoms with van der Waals surface area (Å²) in [6, 6.07) is 10.4. The molecule has 1 amide bonds. The van der Waals surface area contributed by atoms with E-state index in [0.717, 1.165) is 19.4 Å². The quantitative estimate of drug-likeness (QED) is 0.719. The Hall–Kier alpha value is -1.61. The summed E-state index contributed by atoms with van der Waals surface area (Å²) in [4.78, 5) is 14.3. The van der Waals surface area contributed by atoms with Crippen LogP contribution in [0.5, 0.6) is 0 Å². The van der Waals surface area contributed by atoms with E-state index >= 15 is 0 Å². The van der Waals surface area contributed by atoms with Crippen LogP contribution < -0.4 is 0 Å². The highest BCUT2D eigenvalue weighted by molar-refractivity contribution is 5.77. The maximum absolute atomic E-state index is 12.3. The second-order valence-corrected chi connectivity index (χ2v) is 5.80. The minimum atomic E-state index is 0.230. The van der Waals surface area contributed by atoms with Gasteiger partial charge in [-0.25, -0.2) is 0 Å². The van der Waals surface area contributed by atoms with Gasteiger partial charge in [-0.1, -0.05) is 43.3 Å². The van der Waals surface area contributed by atoms with Crippen LogP contribution in [0.3, 0.4) is 0 Å². The summed E-state index contributed by atoms with van der Waals surface area (Å²) in [6.07, 6.45) is 4.52. The van der Waals surface area contributed by atoms with Gasteiger partial charge in [0.05, 0.1) is 19.3 Å². The van der Waals surface area contributed by atoms with Gasteiger partial charge in [-0.3, -0.25) is 4.79 Å². The Morgan fingerprint density at radius 2 is 2.24 bits per heavy atom. The zero-order chi connectivity index (χ0) is 15.1. The Morgan fingerprint density at radius 1 is 1.48 bits per heavy atom. The van der Waals surface area contributed by atoms with Gasteiger partial charge in [0, 0.05) is 13.0 Å². The predicted octanol–water partition coefficient (Wildman–Crippen LogP) is 3.41. The van der Waals surface area contributed by atoms with Crippen molar-refractivity contribution in [1.29, 1.82) is 0 Å². The first-order valence-corrected chi connectivity index (χ1v) is 7.74. The highest BCUT2D eigenvalue weighted by Crippen LogP contribution is 2.20. The molecule has 0 saturated carbocycles. The number of likely N-dealkylation sites (tertiary alicyclic amines) is 1. The highest BCUT2D eigenvalue weighted by atomic mass is 16.5. The molecule has 1 aliphatic heterocycles. The molecule has 2 rings (SSSR count). The first-order valence-electron chi connectivity index (χ1n) is 7.74. The first-order chi connectivity index (χ1) is 10.2. The summed E-state index contributed by atoms with van der Waals surface area (Å²) in [5.41, 5.74) is 1.17. The zero-order valence-electron chi connectivity index (χ0n) is 12.8. The molecule has 1 heterocycles. The lowest BCUT2D eigenvalue weighted by Gasteiger charge is -2.25. The van der Waals surface area contributed by atoms with Crippen molar-refractivity contribution < 1.29 is 9.53 Å². The Morgan fingerprint density at radius 3 is 2.95 bits per heavy atom. The monoisotopic (exact) mass is 287 g/mol. The maximum atomic E-state index is 12.3. The van der Waals surface area contributed by atoms with Gasteiger partial charge in [0.25, 0.3) is 0 Å². The molecule has 0 bridgehead atoms. The molecule has 0 aliphatic carbocycles. The lowest BCUT2D eigenvalue weighted by Crippen LogP contribution is -2.38. The van der Waals surface area contributed by atoms with Gasteiger partial charge < -0.3 is 9.64 Å². The van der Waals surface area contributed by atoms with Crippen LogP contribution in [-0.4, -0.2) is 30.0 Å². The smallest absolute Gasteiger partial charge is 0.223 e. The van der Waals surface area contributed by atoms with E-state index in [9.17, 15) is 4.79 Å². The Kier molecular flexibility index (Phi) is 6.00. The van der Waals surface area contributed by atoms with Crippen molar-refractivity contribution in [3.05, 3.63) is 48.6 Å². The predicted molar refractivity (Wildman–Crippen MR) is 84.8 cm³/mol. The van der Waals surface area contributed by atoms with Gasteiger partial charge in [-0.2, -0.15) is 0 Å². The van der Waals surface area contributed by atoms with Crippen molar-refractivity contribution in [3.63, 3.8) is 0 Å². The van der Waals surface area contributed by atoms with Crippen LogP contribution >= 0.6 is 0 Å². The molecule has 0 aromatic heterocycles. The van der Waals surface area contributed by atoms with E-state index in [1.807, 2.05) is 36.1 Å². The third-order valence-electron chi connectivity index (χ3n) is 4.02. The van der Waals surface area contributed by atoms with Crippen molar-refractivity contribution in [2.75, 3.05) is 13.2 Å². The minimum absolute atomic E-state index is 0.230. The number of hydrogen-bond acceptors (Lipinski definition) is 2. The molecule has 1 saturated heterocycles. The molecule has 1 aliphatic rings. The van der Waals surface area contributed by atoms with Crippen molar-refractivity contribution in [3.8, 4) is 0 Å². The number of hydrogen-bond donors (Lipinski definition) is 0. The number of amides is 1. The third kappa shape index (κ3) is 4.71. The van der Waals surface area contributed by atoms with E-state index in [2.05, 4.69) is 18.7 Å². The topological polar surface area (TPSA) is 29.5 Å². The standard InChI is InChI=1S/C18H25NO2/c1-3-15(2)12-18(20)19-11-7-10-17(19)14-21-13-16-8-5-4-6-9-16/h3-6,8-9,15,17H,1,7,10-14H2,2H3/t15?,17-/m0/s1. The lowest BCUT2D eigenvalue weighted by atomic mass is 10.1. The zero-order valence-corrected chi connectivity index (χ0v) is 12.8. The second-order valence-electron chi connectivity index (χ2n) is 5.80.